The van der Waals surface area contributed by atoms with Gasteiger partial charge >= 0.3 is 5.97 Å². The summed E-state index contributed by atoms with van der Waals surface area (Å²) in [4.78, 5) is 10.3. The largest absolute Gasteiger partial charge is 0.480 e. The standard InChI is InChI=1S/C9H9Cl2NO5S/c10-5-2-1-3-7(8(5)11)18(16,17)12-6(4-13)9(14)15/h1-3,6,12-13H,4H2,(H,14,15)/t6-/m0/s1. The van der Waals surface area contributed by atoms with Gasteiger partial charge in [-0.15, -0.1) is 0 Å². The van der Waals surface area contributed by atoms with Gasteiger partial charge in [-0.1, -0.05) is 29.3 Å². The number of carboxylic acid groups (broad SMARTS) is 1. The molecule has 0 aliphatic carbocycles. The molecule has 0 aromatic heterocycles. The number of hydrogen-bond donors (Lipinski definition) is 3. The molecule has 0 fully saturated rings. The molecule has 0 amide bonds. The summed E-state index contributed by atoms with van der Waals surface area (Å²) in [5.74, 6) is -1.50. The zero-order chi connectivity index (χ0) is 13.9. The average Bonchev–Trinajstić information content (AvgIpc) is 2.29. The average molecular weight is 314 g/mol. The maximum atomic E-state index is 11.9. The van der Waals surface area contributed by atoms with Crippen LogP contribution in [0.15, 0.2) is 23.1 Å². The van der Waals surface area contributed by atoms with Gasteiger partial charge in [0.2, 0.25) is 10.0 Å². The first-order valence-corrected chi connectivity index (χ1v) is 6.83. The van der Waals surface area contributed by atoms with Crippen molar-refractivity contribution in [1.29, 1.82) is 0 Å². The van der Waals surface area contributed by atoms with Crippen molar-refractivity contribution in [3.63, 3.8) is 0 Å². The predicted octanol–water partition coefficient (Wildman–Crippen LogP) is 0.717. The third kappa shape index (κ3) is 3.33. The number of sulfonamides is 1. The minimum absolute atomic E-state index is 0.0235. The summed E-state index contributed by atoms with van der Waals surface area (Å²) in [5.41, 5.74) is 0. The number of benzene rings is 1. The molecule has 0 bridgehead atoms. The summed E-state index contributed by atoms with van der Waals surface area (Å²) in [6.45, 7) is -0.882. The third-order valence-corrected chi connectivity index (χ3v) is 4.43. The van der Waals surface area contributed by atoms with Gasteiger partial charge in [-0.25, -0.2) is 8.42 Å². The molecular weight excluding hydrogens is 305 g/mol. The second kappa shape index (κ2) is 5.85. The number of halogens is 2. The normalized spacial score (nSPS) is 13.3. The van der Waals surface area contributed by atoms with E-state index < -0.39 is 28.6 Å². The summed E-state index contributed by atoms with van der Waals surface area (Å²) < 4.78 is 25.5. The molecule has 1 atom stereocenters. The molecule has 0 saturated heterocycles. The summed E-state index contributed by atoms with van der Waals surface area (Å²) >= 11 is 11.4. The lowest BCUT2D eigenvalue weighted by Crippen LogP contribution is -2.43. The SMILES string of the molecule is O=C(O)[C@H](CO)NS(=O)(=O)c1cccc(Cl)c1Cl. The van der Waals surface area contributed by atoms with Crippen molar-refractivity contribution in [2.45, 2.75) is 10.9 Å². The van der Waals surface area contributed by atoms with E-state index in [1.807, 2.05) is 0 Å². The molecule has 100 valence electrons. The number of carboxylic acids is 1. The maximum absolute atomic E-state index is 11.9. The molecule has 0 aliphatic rings. The van der Waals surface area contributed by atoms with E-state index in [0.717, 1.165) is 0 Å². The summed E-state index contributed by atoms with van der Waals surface area (Å²) in [6.07, 6.45) is 0. The first-order valence-electron chi connectivity index (χ1n) is 4.59. The van der Waals surface area contributed by atoms with Gasteiger partial charge in [0.15, 0.2) is 0 Å². The molecule has 0 heterocycles. The fourth-order valence-corrected chi connectivity index (χ4v) is 3.05. The van der Waals surface area contributed by atoms with E-state index in [2.05, 4.69) is 0 Å². The molecule has 6 nitrogen and oxygen atoms in total. The van der Waals surface area contributed by atoms with Gasteiger partial charge in [-0.05, 0) is 12.1 Å². The predicted molar refractivity (Wildman–Crippen MR) is 65.3 cm³/mol. The van der Waals surface area contributed by atoms with Crippen LogP contribution in [-0.2, 0) is 14.8 Å². The van der Waals surface area contributed by atoms with Crippen LogP contribution in [0.25, 0.3) is 0 Å². The Balaban J connectivity index is 3.14. The van der Waals surface area contributed by atoms with Gasteiger partial charge in [0.1, 0.15) is 10.9 Å². The van der Waals surface area contributed by atoms with Gasteiger partial charge in [-0.2, -0.15) is 4.72 Å². The minimum atomic E-state index is -4.18. The Morgan fingerprint density at radius 1 is 1.39 bits per heavy atom. The van der Waals surface area contributed by atoms with Crippen molar-refractivity contribution in [2.24, 2.45) is 0 Å². The molecule has 0 aliphatic heterocycles. The van der Waals surface area contributed by atoms with Crippen LogP contribution in [0.2, 0.25) is 10.0 Å². The van der Waals surface area contributed by atoms with Gasteiger partial charge in [0.25, 0.3) is 0 Å². The van der Waals surface area contributed by atoms with E-state index in [-0.39, 0.29) is 14.9 Å². The molecule has 1 aromatic carbocycles. The Bertz CT molecular complexity index is 560. The molecule has 9 heteroatoms. The second-order valence-corrected chi connectivity index (χ2v) is 5.71. The second-order valence-electron chi connectivity index (χ2n) is 3.25. The van der Waals surface area contributed by atoms with Crippen molar-refractivity contribution in [2.75, 3.05) is 6.61 Å². The van der Waals surface area contributed by atoms with Crippen LogP contribution in [0.5, 0.6) is 0 Å². The minimum Gasteiger partial charge on any atom is -0.480 e. The lowest BCUT2D eigenvalue weighted by atomic mass is 10.3. The van der Waals surface area contributed by atoms with E-state index in [4.69, 9.17) is 33.4 Å². The Morgan fingerprint density at radius 2 is 2.00 bits per heavy atom. The van der Waals surface area contributed by atoms with Crippen LogP contribution in [0, 0.1) is 0 Å². The van der Waals surface area contributed by atoms with E-state index in [9.17, 15) is 13.2 Å². The number of nitrogens with one attached hydrogen (secondary N) is 1. The Morgan fingerprint density at radius 3 is 2.50 bits per heavy atom. The highest BCUT2D eigenvalue weighted by molar-refractivity contribution is 7.89. The third-order valence-electron chi connectivity index (χ3n) is 1.98. The first kappa shape index (κ1) is 15.2. The molecule has 0 radical (unpaired) electrons. The molecule has 0 saturated carbocycles. The number of aliphatic carboxylic acids is 1. The van der Waals surface area contributed by atoms with E-state index in [1.54, 1.807) is 4.72 Å². The molecule has 0 unspecified atom stereocenters. The zero-order valence-corrected chi connectivity index (χ0v) is 11.1. The van der Waals surface area contributed by atoms with E-state index >= 15 is 0 Å². The quantitative estimate of drug-likeness (QED) is 0.743. The topological polar surface area (TPSA) is 104 Å². The van der Waals surface area contributed by atoms with Crippen molar-refractivity contribution in [1.82, 2.24) is 4.72 Å². The highest BCUT2D eigenvalue weighted by atomic mass is 35.5. The zero-order valence-electron chi connectivity index (χ0n) is 8.80. The van der Waals surface area contributed by atoms with Crippen LogP contribution in [0.1, 0.15) is 0 Å². The molecular formula is C9H9Cl2NO5S. The molecule has 3 N–H and O–H groups in total. The van der Waals surface area contributed by atoms with Gasteiger partial charge in [0.05, 0.1) is 16.7 Å². The van der Waals surface area contributed by atoms with Crippen molar-refractivity contribution < 1.29 is 23.4 Å². The molecule has 18 heavy (non-hydrogen) atoms. The molecule has 1 rings (SSSR count). The van der Waals surface area contributed by atoms with Crippen molar-refractivity contribution in [3.05, 3.63) is 28.2 Å². The van der Waals surface area contributed by atoms with Crippen LogP contribution >= 0.6 is 23.2 Å². The Hall–Kier alpha value is -0.860. The molecule has 1 aromatic rings. The van der Waals surface area contributed by atoms with Gasteiger partial charge < -0.3 is 10.2 Å². The highest BCUT2D eigenvalue weighted by Crippen LogP contribution is 2.28. The van der Waals surface area contributed by atoms with Gasteiger partial charge in [0, 0.05) is 0 Å². The van der Waals surface area contributed by atoms with Crippen LogP contribution in [0.3, 0.4) is 0 Å². The van der Waals surface area contributed by atoms with Gasteiger partial charge in [-0.3, -0.25) is 4.79 Å². The van der Waals surface area contributed by atoms with Crippen molar-refractivity contribution in [3.8, 4) is 0 Å². The molecule has 0 spiro atoms. The summed E-state index contributed by atoms with van der Waals surface area (Å²) in [6, 6.07) is 2.28. The van der Waals surface area contributed by atoms with Crippen molar-refractivity contribution >= 4 is 39.2 Å². The number of hydrogen-bond acceptors (Lipinski definition) is 4. The van der Waals surface area contributed by atoms with Crippen LogP contribution in [-0.4, -0.2) is 37.2 Å². The number of aliphatic hydroxyl groups excluding tert-OH is 1. The monoisotopic (exact) mass is 313 g/mol. The number of carbonyl (C=O) groups is 1. The fourth-order valence-electron chi connectivity index (χ4n) is 1.11. The van der Waals surface area contributed by atoms with E-state index in [1.165, 1.54) is 18.2 Å². The lowest BCUT2D eigenvalue weighted by Gasteiger charge is -2.13. The maximum Gasteiger partial charge on any atom is 0.324 e. The Labute approximate surface area is 113 Å². The fraction of sp³-hybridized carbons (Fsp3) is 0.222. The van der Waals surface area contributed by atoms with E-state index in [0.29, 0.717) is 0 Å². The number of aliphatic hydroxyl groups is 1. The smallest absolute Gasteiger partial charge is 0.324 e. The number of rotatable bonds is 5. The first-order chi connectivity index (χ1) is 8.29. The Kier molecular flexibility index (Phi) is 4.94. The lowest BCUT2D eigenvalue weighted by molar-refractivity contribution is -0.139. The highest BCUT2D eigenvalue weighted by Gasteiger charge is 2.26. The van der Waals surface area contributed by atoms with Crippen LogP contribution in [0.4, 0.5) is 0 Å². The van der Waals surface area contributed by atoms with Crippen LogP contribution < -0.4 is 4.72 Å². The summed E-state index contributed by atoms with van der Waals surface area (Å²) in [5, 5.41) is 17.2. The summed E-state index contributed by atoms with van der Waals surface area (Å²) in [7, 11) is -4.18.